The van der Waals surface area contributed by atoms with E-state index in [-0.39, 0.29) is 12.0 Å². The first-order chi connectivity index (χ1) is 10.4. The van der Waals surface area contributed by atoms with E-state index < -0.39 is 9.96 Å². The molecule has 0 aliphatic carbocycles. The summed E-state index contributed by atoms with van der Waals surface area (Å²) in [6, 6.07) is 7.26. The van der Waals surface area contributed by atoms with E-state index >= 15 is 0 Å². The number of rotatable bonds is 5. The molecule has 1 aliphatic heterocycles. The quantitative estimate of drug-likeness (QED) is 0.622. The van der Waals surface area contributed by atoms with Gasteiger partial charge in [0.25, 0.3) is 5.91 Å². The molecule has 22 heavy (non-hydrogen) atoms. The van der Waals surface area contributed by atoms with Gasteiger partial charge in [-0.1, -0.05) is 53.0 Å². The zero-order valence-corrected chi connectivity index (χ0v) is 14.5. The van der Waals surface area contributed by atoms with Crippen LogP contribution in [0.15, 0.2) is 24.3 Å². The molecule has 0 radical (unpaired) electrons. The van der Waals surface area contributed by atoms with Crippen LogP contribution >= 0.6 is 34.8 Å². The molecule has 2 rings (SSSR count). The topological polar surface area (TPSA) is 50.4 Å². The Kier molecular flexibility index (Phi) is 6.36. The molecule has 1 aromatic carbocycles. The van der Waals surface area contributed by atoms with Gasteiger partial charge in [-0.25, -0.2) is 0 Å². The summed E-state index contributed by atoms with van der Waals surface area (Å²) >= 11 is 17.9. The number of nitrogens with one attached hydrogen (secondary N) is 2. The van der Waals surface area contributed by atoms with Gasteiger partial charge in [-0.15, -0.1) is 0 Å². The van der Waals surface area contributed by atoms with Gasteiger partial charge in [-0.2, -0.15) is 0 Å². The van der Waals surface area contributed by atoms with Gasteiger partial charge in [-0.3, -0.25) is 10.1 Å². The number of aryl methyl sites for hydroxylation is 1. The second-order valence-electron chi connectivity index (χ2n) is 5.31. The Hall–Kier alpha value is -0.520. The lowest BCUT2D eigenvalue weighted by Gasteiger charge is -2.28. The molecular formula is C15H19Cl3N2O2. The summed E-state index contributed by atoms with van der Waals surface area (Å²) in [5.74, 6) is -0.283. The maximum Gasteiger partial charge on any atom is 0.252 e. The molecule has 1 saturated heterocycles. The fraction of sp³-hybridized carbons (Fsp3) is 0.533. The van der Waals surface area contributed by atoms with Crippen molar-refractivity contribution in [1.29, 1.82) is 0 Å². The molecule has 1 aromatic rings. The molecule has 1 heterocycles. The van der Waals surface area contributed by atoms with Gasteiger partial charge in [0.15, 0.2) is 0 Å². The fourth-order valence-corrected chi connectivity index (χ4v) is 2.73. The first kappa shape index (κ1) is 17.8. The van der Waals surface area contributed by atoms with Crippen molar-refractivity contribution in [3.8, 4) is 0 Å². The summed E-state index contributed by atoms with van der Waals surface area (Å²) in [7, 11) is 0. The smallest absolute Gasteiger partial charge is 0.252 e. The number of ether oxygens (including phenoxy) is 1. The van der Waals surface area contributed by atoms with Crippen molar-refractivity contribution in [2.75, 3.05) is 13.2 Å². The van der Waals surface area contributed by atoms with E-state index in [1.807, 2.05) is 19.1 Å². The van der Waals surface area contributed by atoms with E-state index in [0.717, 1.165) is 25.0 Å². The summed E-state index contributed by atoms with van der Waals surface area (Å²) in [6.07, 6.45) is 1.28. The molecule has 2 N–H and O–H groups in total. The van der Waals surface area contributed by atoms with Gasteiger partial charge in [0.05, 0.1) is 6.10 Å². The van der Waals surface area contributed by atoms with Crippen LogP contribution in [-0.4, -0.2) is 35.1 Å². The number of amides is 1. The Balaban J connectivity index is 2.00. The predicted octanol–water partition coefficient (Wildman–Crippen LogP) is 3.19. The van der Waals surface area contributed by atoms with Gasteiger partial charge >= 0.3 is 0 Å². The van der Waals surface area contributed by atoms with Crippen molar-refractivity contribution in [1.82, 2.24) is 10.6 Å². The zero-order chi connectivity index (χ0) is 16.2. The van der Waals surface area contributed by atoms with Gasteiger partial charge in [0, 0.05) is 18.7 Å². The third-order valence-corrected chi connectivity index (χ3v) is 4.22. The Bertz CT molecular complexity index is 514. The number of hydrogen-bond donors (Lipinski definition) is 2. The first-order valence-electron chi connectivity index (χ1n) is 7.16. The number of halogens is 3. The Morgan fingerprint density at radius 3 is 2.73 bits per heavy atom. The van der Waals surface area contributed by atoms with Crippen molar-refractivity contribution < 1.29 is 9.53 Å². The van der Waals surface area contributed by atoms with E-state index in [9.17, 15) is 4.79 Å². The molecule has 0 bridgehead atoms. The summed E-state index contributed by atoms with van der Waals surface area (Å²) in [4.78, 5) is 12.4. The highest BCUT2D eigenvalue weighted by atomic mass is 35.6. The van der Waals surface area contributed by atoms with Crippen LogP contribution in [0.3, 0.4) is 0 Å². The molecular weight excluding hydrogens is 347 g/mol. The minimum Gasteiger partial charge on any atom is -0.377 e. The number of benzene rings is 1. The monoisotopic (exact) mass is 364 g/mol. The van der Waals surface area contributed by atoms with Gasteiger partial charge in [0.2, 0.25) is 3.79 Å². The minimum absolute atomic E-state index is 0.0882. The highest BCUT2D eigenvalue weighted by Crippen LogP contribution is 2.29. The SMILES string of the molecule is Cc1ccccc1C(=O)N[C@@H](NC[C@H]1CCCO1)C(Cl)(Cl)Cl. The third-order valence-electron chi connectivity index (χ3n) is 3.57. The van der Waals surface area contributed by atoms with Crippen LogP contribution in [0.5, 0.6) is 0 Å². The molecule has 0 unspecified atom stereocenters. The molecule has 2 atom stereocenters. The van der Waals surface area contributed by atoms with Crippen LogP contribution in [0.25, 0.3) is 0 Å². The average molecular weight is 366 g/mol. The fourth-order valence-electron chi connectivity index (χ4n) is 2.34. The van der Waals surface area contributed by atoms with Crippen LogP contribution in [0.1, 0.15) is 28.8 Å². The van der Waals surface area contributed by atoms with Crippen LogP contribution in [0, 0.1) is 6.92 Å². The van der Waals surface area contributed by atoms with Crippen LogP contribution in [0.2, 0.25) is 0 Å². The summed E-state index contributed by atoms with van der Waals surface area (Å²) < 4.78 is 3.86. The number of alkyl halides is 3. The lowest BCUT2D eigenvalue weighted by molar-refractivity contribution is 0.0896. The van der Waals surface area contributed by atoms with Crippen molar-refractivity contribution >= 4 is 40.7 Å². The first-order valence-corrected chi connectivity index (χ1v) is 8.29. The zero-order valence-electron chi connectivity index (χ0n) is 12.2. The average Bonchev–Trinajstić information content (AvgIpc) is 2.95. The van der Waals surface area contributed by atoms with Gasteiger partial charge in [0.1, 0.15) is 6.17 Å². The molecule has 0 spiro atoms. The Labute approximate surface area is 145 Å². The third kappa shape index (κ3) is 5.00. The van der Waals surface area contributed by atoms with Crippen molar-refractivity contribution in [2.24, 2.45) is 0 Å². The number of hydrogen-bond acceptors (Lipinski definition) is 3. The molecule has 122 valence electrons. The highest BCUT2D eigenvalue weighted by Gasteiger charge is 2.34. The maximum absolute atomic E-state index is 12.4. The second-order valence-corrected chi connectivity index (χ2v) is 7.68. The normalized spacial score (nSPS) is 19.9. The van der Waals surface area contributed by atoms with E-state index in [0.29, 0.717) is 12.1 Å². The van der Waals surface area contributed by atoms with Crippen molar-refractivity contribution in [2.45, 2.75) is 35.8 Å². The minimum atomic E-state index is -1.66. The molecule has 4 nitrogen and oxygen atoms in total. The van der Waals surface area contributed by atoms with Crippen LogP contribution < -0.4 is 10.6 Å². The van der Waals surface area contributed by atoms with E-state index in [4.69, 9.17) is 39.5 Å². The van der Waals surface area contributed by atoms with Crippen LogP contribution in [-0.2, 0) is 4.74 Å². The van der Waals surface area contributed by atoms with Crippen molar-refractivity contribution in [3.05, 3.63) is 35.4 Å². The van der Waals surface area contributed by atoms with Crippen LogP contribution in [0.4, 0.5) is 0 Å². The second kappa shape index (κ2) is 7.84. The Morgan fingerprint density at radius 1 is 1.41 bits per heavy atom. The largest absolute Gasteiger partial charge is 0.377 e. The molecule has 0 saturated carbocycles. The molecule has 1 aliphatic rings. The standard InChI is InChI=1S/C15H19Cl3N2O2/c1-10-5-2-3-7-12(10)13(21)20-14(15(16,17)18)19-9-11-6-4-8-22-11/h2-3,5,7,11,14,19H,4,6,8-9H2,1H3,(H,20,21)/t11-,14-/m1/s1. The molecule has 1 fully saturated rings. The highest BCUT2D eigenvalue weighted by molar-refractivity contribution is 6.68. The Morgan fingerprint density at radius 2 is 2.14 bits per heavy atom. The van der Waals surface area contributed by atoms with E-state index in [2.05, 4.69) is 10.6 Å². The molecule has 7 heteroatoms. The number of carbonyl (C=O) groups is 1. The summed E-state index contributed by atoms with van der Waals surface area (Å²) in [5, 5.41) is 5.81. The predicted molar refractivity (Wildman–Crippen MR) is 89.7 cm³/mol. The molecule has 1 amide bonds. The van der Waals surface area contributed by atoms with Gasteiger partial charge in [-0.05, 0) is 31.4 Å². The van der Waals surface area contributed by atoms with Gasteiger partial charge < -0.3 is 10.1 Å². The summed E-state index contributed by atoms with van der Waals surface area (Å²) in [6.45, 7) is 3.13. The maximum atomic E-state index is 12.4. The van der Waals surface area contributed by atoms with Crippen molar-refractivity contribution in [3.63, 3.8) is 0 Å². The lowest BCUT2D eigenvalue weighted by Crippen LogP contribution is -2.55. The number of carbonyl (C=O) groups excluding carboxylic acids is 1. The van der Waals surface area contributed by atoms with E-state index in [1.165, 1.54) is 0 Å². The molecule has 0 aromatic heterocycles. The van der Waals surface area contributed by atoms with E-state index in [1.54, 1.807) is 12.1 Å². The lowest BCUT2D eigenvalue weighted by atomic mass is 10.1. The summed E-state index contributed by atoms with van der Waals surface area (Å²) in [5.41, 5.74) is 1.42.